The highest BCUT2D eigenvalue weighted by Gasteiger charge is 1.90. The van der Waals surface area contributed by atoms with Gasteiger partial charge in [-0.1, -0.05) is 24.3 Å². The Morgan fingerprint density at radius 1 is 0.591 bits per heavy atom. The number of primary amides is 2. The van der Waals surface area contributed by atoms with Crippen molar-refractivity contribution < 1.29 is 19.2 Å². The Morgan fingerprint density at radius 3 is 1.27 bits per heavy atom. The van der Waals surface area contributed by atoms with Crippen molar-refractivity contribution in [3.63, 3.8) is 0 Å². The summed E-state index contributed by atoms with van der Waals surface area (Å²) in [6.07, 6.45) is 12.6. The molecule has 0 aromatic carbocycles. The lowest BCUT2D eigenvalue weighted by atomic mass is 10.4. The van der Waals surface area contributed by atoms with E-state index in [2.05, 4.69) is 10.6 Å². The first kappa shape index (κ1) is 18.6. The third-order valence-corrected chi connectivity index (χ3v) is 1.77. The fourth-order valence-corrected chi connectivity index (χ4v) is 0.922. The molecule has 116 valence electrons. The van der Waals surface area contributed by atoms with E-state index in [0.717, 1.165) is 24.6 Å². The van der Waals surface area contributed by atoms with E-state index < -0.39 is 23.6 Å². The molecule has 0 saturated heterocycles. The molecular formula is C14H16N4O4. The molecule has 0 unspecified atom stereocenters. The first-order chi connectivity index (χ1) is 10.4. The van der Waals surface area contributed by atoms with Crippen LogP contribution in [0.4, 0.5) is 0 Å². The Labute approximate surface area is 126 Å². The van der Waals surface area contributed by atoms with E-state index in [0.29, 0.717) is 0 Å². The normalized spacial score (nSPS) is 11.8. The molecule has 0 heterocycles. The number of rotatable bonds is 8. The minimum Gasteiger partial charge on any atom is -0.366 e. The lowest BCUT2D eigenvalue weighted by Crippen LogP contribution is -2.15. The predicted molar refractivity (Wildman–Crippen MR) is 80.4 cm³/mol. The van der Waals surface area contributed by atoms with E-state index in [1.54, 1.807) is 0 Å². The maximum Gasteiger partial charge on any atom is 0.247 e. The van der Waals surface area contributed by atoms with Crippen molar-refractivity contribution in [1.82, 2.24) is 10.6 Å². The van der Waals surface area contributed by atoms with Crippen LogP contribution in [0.25, 0.3) is 0 Å². The van der Waals surface area contributed by atoms with Gasteiger partial charge in [0.15, 0.2) is 0 Å². The zero-order valence-corrected chi connectivity index (χ0v) is 11.6. The highest BCUT2D eigenvalue weighted by atomic mass is 16.2. The number of hydrogen-bond donors (Lipinski definition) is 4. The molecular weight excluding hydrogens is 288 g/mol. The van der Waals surface area contributed by atoms with Gasteiger partial charge in [-0.05, 0) is 0 Å². The molecule has 22 heavy (non-hydrogen) atoms. The van der Waals surface area contributed by atoms with E-state index in [1.807, 2.05) is 0 Å². The molecule has 0 spiro atoms. The molecule has 4 amide bonds. The van der Waals surface area contributed by atoms with Crippen molar-refractivity contribution in [2.75, 3.05) is 0 Å². The van der Waals surface area contributed by atoms with Gasteiger partial charge in [-0.2, -0.15) is 0 Å². The van der Waals surface area contributed by atoms with Gasteiger partial charge < -0.3 is 22.1 Å². The van der Waals surface area contributed by atoms with E-state index in [9.17, 15) is 19.2 Å². The van der Waals surface area contributed by atoms with Gasteiger partial charge in [0.1, 0.15) is 0 Å². The average Bonchev–Trinajstić information content (AvgIpc) is 2.41. The maximum absolute atomic E-state index is 11.2. The molecule has 0 aromatic rings. The summed E-state index contributed by atoms with van der Waals surface area (Å²) in [6.45, 7) is 0. The van der Waals surface area contributed by atoms with Crippen molar-refractivity contribution in [3.8, 4) is 0 Å². The van der Waals surface area contributed by atoms with Gasteiger partial charge in [0, 0.05) is 36.7 Å². The van der Waals surface area contributed by atoms with Gasteiger partial charge in [0.05, 0.1) is 0 Å². The van der Waals surface area contributed by atoms with Gasteiger partial charge >= 0.3 is 0 Å². The standard InChI is InChI=1S/C14H16N4O4/c15-11(19)7-9-17-13(21)5-3-1-2-4-6-14(22)18-10-8-12(16)20/h1-10H,(H2,15,19)(H2,16,20)(H,17,21)(H,18,22)/b2-1+,5-3+,6-4+,9-7+,10-8+. The van der Waals surface area contributed by atoms with E-state index in [4.69, 9.17) is 11.5 Å². The Bertz CT molecular complexity index is 521. The van der Waals surface area contributed by atoms with Crippen LogP contribution >= 0.6 is 0 Å². The van der Waals surface area contributed by atoms with Crippen LogP contribution in [-0.2, 0) is 19.2 Å². The van der Waals surface area contributed by atoms with E-state index in [-0.39, 0.29) is 0 Å². The molecule has 0 aliphatic heterocycles. The Morgan fingerprint density at radius 2 is 0.955 bits per heavy atom. The molecule has 0 aliphatic carbocycles. The first-order valence-electron chi connectivity index (χ1n) is 5.96. The highest BCUT2D eigenvalue weighted by molar-refractivity contribution is 5.91. The van der Waals surface area contributed by atoms with Gasteiger partial charge in [-0.15, -0.1) is 0 Å². The van der Waals surface area contributed by atoms with Gasteiger partial charge in [-0.25, -0.2) is 0 Å². The molecule has 0 saturated carbocycles. The maximum atomic E-state index is 11.2. The lowest BCUT2D eigenvalue weighted by molar-refractivity contribution is -0.116. The molecule has 0 atom stereocenters. The highest BCUT2D eigenvalue weighted by Crippen LogP contribution is 1.82. The fraction of sp³-hybridized carbons (Fsp3) is 0. The third-order valence-electron chi connectivity index (χ3n) is 1.77. The van der Waals surface area contributed by atoms with Crippen molar-refractivity contribution >= 4 is 23.6 Å². The molecule has 0 aliphatic rings. The van der Waals surface area contributed by atoms with Crippen LogP contribution in [0, 0.1) is 0 Å². The van der Waals surface area contributed by atoms with Crippen molar-refractivity contribution in [1.29, 1.82) is 0 Å². The van der Waals surface area contributed by atoms with Crippen LogP contribution in [0.5, 0.6) is 0 Å². The molecule has 0 aromatic heterocycles. The minimum atomic E-state index is -0.668. The number of amides is 4. The summed E-state index contributed by atoms with van der Waals surface area (Å²) in [4.78, 5) is 43.1. The molecule has 0 fully saturated rings. The monoisotopic (exact) mass is 304 g/mol. The number of nitrogens with one attached hydrogen (secondary N) is 2. The second-order valence-electron chi connectivity index (χ2n) is 3.59. The van der Waals surface area contributed by atoms with Crippen LogP contribution in [0.1, 0.15) is 0 Å². The summed E-state index contributed by atoms with van der Waals surface area (Å²) < 4.78 is 0. The molecule has 0 bridgehead atoms. The van der Waals surface area contributed by atoms with Crippen LogP contribution in [0.3, 0.4) is 0 Å². The number of nitrogens with two attached hydrogens (primary N) is 2. The number of allylic oxidation sites excluding steroid dienone is 4. The predicted octanol–water partition coefficient (Wildman–Crippen LogP) is -1.11. The number of carbonyl (C=O) groups excluding carboxylic acids is 4. The summed E-state index contributed by atoms with van der Waals surface area (Å²) >= 11 is 0. The van der Waals surface area contributed by atoms with E-state index in [1.165, 1.54) is 36.5 Å². The topological polar surface area (TPSA) is 144 Å². The second kappa shape index (κ2) is 11.4. The van der Waals surface area contributed by atoms with Gasteiger partial charge in [-0.3, -0.25) is 19.2 Å². The lowest BCUT2D eigenvalue weighted by Gasteiger charge is -1.90. The Balaban J connectivity index is 4.07. The van der Waals surface area contributed by atoms with Crippen LogP contribution in [-0.4, -0.2) is 23.6 Å². The first-order valence-corrected chi connectivity index (χ1v) is 5.96. The smallest absolute Gasteiger partial charge is 0.247 e. The fourth-order valence-electron chi connectivity index (χ4n) is 0.922. The quantitative estimate of drug-likeness (QED) is 0.332. The van der Waals surface area contributed by atoms with E-state index >= 15 is 0 Å². The summed E-state index contributed by atoms with van der Waals surface area (Å²) in [5.41, 5.74) is 9.66. The van der Waals surface area contributed by atoms with Crippen molar-refractivity contribution in [2.24, 2.45) is 11.5 Å². The Hall–Kier alpha value is -3.42. The number of hydrogen-bond acceptors (Lipinski definition) is 4. The molecule has 8 nitrogen and oxygen atoms in total. The second-order valence-corrected chi connectivity index (χ2v) is 3.59. The minimum absolute atomic E-state index is 0.444. The van der Waals surface area contributed by atoms with Crippen molar-refractivity contribution in [3.05, 3.63) is 61.0 Å². The molecule has 0 rings (SSSR count). The van der Waals surface area contributed by atoms with Crippen LogP contribution < -0.4 is 22.1 Å². The molecule has 8 heteroatoms. The average molecular weight is 304 g/mol. The Kier molecular flexibility index (Phi) is 9.64. The van der Waals surface area contributed by atoms with Crippen LogP contribution in [0.15, 0.2) is 61.0 Å². The molecule has 0 radical (unpaired) electrons. The largest absolute Gasteiger partial charge is 0.366 e. The zero-order chi connectivity index (χ0) is 16.8. The number of carbonyl (C=O) groups is 4. The molecule has 6 N–H and O–H groups in total. The van der Waals surface area contributed by atoms with Gasteiger partial charge in [0.2, 0.25) is 23.6 Å². The third kappa shape index (κ3) is 13.0. The van der Waals surface area contributed by atoms with Gasteiger partial charge in [0.25, 0.3) is 0 Å². The summed E-state index contributed by atoms with van der Waals surface area (Å²) in [6, 6.07) is 0. The zero-order valence-electron chi connectivity index (χ0n) is 11.6. The SMILES string of the molecule is NC(=O)/C=C/NC(=O)/C=C/C=C/C=C/C(=O)N/C=C/C(N)=O. The summed E-state index contributed by atoms with van der Waals surface area (Å²) in [5, 5.41) is 4.57. The van der Waals surface area contributed by atoms with Crippen LogP contribution in [0.2, 0.25) is 0 Å². The summed E-state index contributed by atoms with van der Waals surface area (Å²) in [5.74, 6) is -2.22. The van der Waals surface area contributed by atoms with Crippen molar-refractivity contribution in [2.45, 2.75) is 0 Å². The summed E-state index contributed by atoms with van der Waals surface area (Å²) in [7, 11) is 0.